The van der Waals surface area contributed by atoms with E-state index in [4.69, 9.17) is 11.6 Å². The van der Waals surface area contributed by atoms with E-state index in [2.05, 4.69) is 5.32 Å². The smallest absolute Gasteiger partial charge is 0.264 e. The number of amides is 2. The van der Waals surface area contributed by atoms with Gasteiger partial charge in [-0.1, -0.05) is 67.1 Å². The summed E-state index contributed by atoms with van der Waals surface area (Å²) in [6.07, 6.45) is 1.26. The average molecular weight is 570 g/mol. The van der Waals surface area contributed by atoms with Crippen LogP contribution in [0.2, 0.25) is 5.02 Å². The molecule has 208 valence electrons. The van der Waals surface area contributed by atoms with Crippen molar-refractivity contribution in [3.8, 4) is 0 Å². The van der Waals surface area contributed by atoms with Crippen LogP contribution in [0.4, 0.5) is 5.69 Å². The third-order valence-electron chi connectivity index (χ3n) is 6.72. The molecule has 0 aromatic heterocycles. The van der Waals surface area contributed by atoms with Crippen molar-refractivity contribution in [3.63, 3.8) is 0 Å². The molecular weight excluding hydrogens is 534 g/mol. The van der Waals surface area contributed by atoms with Gasteiger partial charge in [0, 0.05) is 17.6 Å². The highest BCUT2D eigenvalue weighted by molar-refractivity contribution is 7.92. The minimum atomic E-state index is -4.13. The largest absolute Gasteiger partial charge is 0.352 e. The van der Waals surface area contributed by atoms with Gasteiger partial charge in [0.2, 0.25) is 11.8 Å². The maximum atomic E-state index is 13.9. The van der Waals surface area contributed by atoms with Crippen molar-refractivity contribution < 1.29 is 18.0 Å². The first-order chi connectivity index (χ1) is 18.5. The van der Waals surface area contributed by atoms with Gasteiger partial charge in [0.25, 0.3) is 10.0 Å². The molecule has 2 amide bonds. The Labute approximate surface area is 236 Å². The second-order valence-corrected chi connectivity index (χ2v) is 11.9. The maximum Gasteiger partial charge on any atom is 0.264 e. The van der Waals surface area contributed by atoms with Crippen molar-refractivity contribution in [1.29, 1.82) is 0 Å². The number of hydrogen-bond acceptors (Lipinski definition) is 4. The molecule has 0 heterocycles. The molecule has 0 aliphatic carbocycles. The predicted molar refractivity (Wildman–Crippen MR) is 156 cm³/mol. The van der Waals surface area contributed by atoms with E-state index in [-0.39, 0.29) is 23.4 Å². The summed E-state index contributed by atoms with van der Waals surface area (Å²) in [5.41, 5.74) is 2.09. The van der Waals surface area contributed by atoms with Crippen LogP contribution in [0.5, 0.6) is 0 Å². The number of rotatable bonds is 12. The molecule has 0 aliphatic rings. The van der Waals surface area contributed by atoms with E-state index in [1.165, 1.54) is 29.2 Å². The normalized spacial score (nSPS) is 12.8. The van der Waals surface area contributed by atoms with Crippen LogP contribution < -0.4 is 9.62 Å². The monoisotopic (exact) mass is 569 g/mol. The Morgan fingerprint density at radius 2 is 1.54 bits per heavy atom. The third-order valence-corrected chi connectivity index (χ3v) is 8.74. The summed E-state index contributed by atoms with van der Waals surface area (Å²) in [7, 11) is -4.13. The van der Waals surface area contributed by atoms with Gasteiger partial charge < -0.3 is 10.2 Å². The maximum absolute atomic E-state index is 13.9. The second kappa shape index (κ2) is 13.6. The number of anilines is 1. The van der Waals surface area contributed by atoms with Crippen molar-refractivity contribution in [2.24, 2.45) is 0 Å². The molecule has 9 heteroatoms. The van der Waals surface area contributed by atoms with Crippen LogP contribution in [-0.4, -0.2) is 50.3 Å². The number of benzene rings is 3. The number of carbonyl (C=O) groups excluding carboxylic acids is 2. The molecular formula is C30H36ClN3O4S. The van der Waals surface area contributed by atoms with Crippen LogP contribution in [0.25, 0.3) is 0 Å². The van der Waals surface area contributed by atoms with Gasteiger partial charge in [-0.2, -0.15) is 0 Å². The molecule has 0 bridgehead atoms. The summed E-state index contributed by atoms with van der Waals surface area (Å²) in [6, 6.07) is 21.6. The Bertz CT molecular complexity index is 1360. The summed E-state index contributed by atoms with van der Waals surface area (Å²) >= 11 is 6.00. The van der Waals surface area contributed by atoms with Crippen molar-refractivity contribution in [2.45, 2.75) is 57.5 Å². The number of halogens is 1. The Morgan fingerprint density at radius 3 is 2.15 bits per heavy atom. The highest BCUT2D eigenvalue weighted by atomic mass is 35.5. The molecule has 0 radical (unpaired) electrons. The second-order valence-electron chi connectivity index (χ2n) is 9.57. The van der Waals surface area contributed by atoms with Gasteiger partial charge in [-0.3, -0.25) is 13.9 Å². The van der Waals surface area contributed by atoms with Gasteiger partial charge in [-0.25, -0.2) is 8.42 Å². The molecule has 0 aliphatic heterocycles. The molecule has 1 N–H and O–H groups in total. The Morgan fingerprint density at radius 1 is 0.923 bits per heavy atom. The first kappa shape index (κ1) is 30.2. The molecule has 0 saturated carbocycles. The number of nitrogens with zero attached hydrogens (tertiary/aromatic N) is 2. The van der Waals surface area contributed by atoms with E-state index in [1.807, 2.05) is 44.2 Å². The summed E-state index contributed by atoms with van der Waals surface area (Å²) in [6.45, 7) is 7.12. The Kier molecular flexibility index (Phi) is 10.5. The summed E-state index contributed by atoms with van der Waals surface area (Å²) in [4.78, 5) is 28.5. The molecule has 7 nitrogen and oxygen atoms in total. The SMILES string of the molecule is CC[C@H](C)NC(=O)[C@@H](C)N(CCc1ccccc1)C(=O)CN(c1ccccc1C)S(=O)(=O)c1ccc(Cl)cc1. The van der Waals surface area contributed by atoms with Crippen molar-refractivity contribution in [3.05, 3.63) is 95.0 Å². The number of nitrogens with one attached hydrogen (secondary N) is 1. The number of sulfonamides is 1. The number of aryl methyl sites for hydroxylation is 1. The van der Waals surface area contributed by atoms with Crippen LogP contribution in [0.1, 0.15) is 38.3 Å². The zero-order valence-electron chi connectivity index (χ0n) is 22.8. The van der Waals surface area contributed by atoms with E-state index >= 15 is 0 Å². The van der Waals surface area contributed by atoms with Crippen molar-refractivity contribution >= 4 is 39.1 Å². The molecule has 0 spiro atoms. The highest BCUT2D eigenvalue weighted by Crippen LogP contribution is 2.28. The lowest BCUT2D eigenvalue weighted by molar-refractivity contribution is -0.139. The predicted octanol–water partition coefficient (Wildman–Crippen LogP) is 5.22. The number of carbonyl (C=O) groups is 2. The summed E-state index contributed by atoms with van der Waals surface area (Å²) in [5, 5.41) is 3.34. The van der Waals surface area contributed by atoms with E-state index in [0.717, 1.165) is 16.3 Å². The molecule has 0 unspecified atom stereocenters. The van der Waals surface area contributed by atoms with Gasteiger partial charge in [-0.05, 0) is 75.1 Å². The van der Waals surface area contributed by atoms with Crippen molar-refractivity contribution in [1.82, 2.24) is 10.2 Å². The molecule has 3 aromatic carbocycles. The summed E-state index contributed by atoms with van der Waals surface area (Å²) in [5.74, 6) is -0.757. The lowest BCUT2D eigenvalue weighted by Crippen LogP contribution is -2.53. The zero-order chi connectivity index (χ0) is 28.6. The first-order valence-corrected chi connectivity index (χ1v) is 14.8. The zero-order valence-corrected chi connectivity index (χ0v) is 24.4. The molecule has 3 aromatic rings. The van der Waals surface area contributed by atoms with Crippen LogP contribution in [-0.2, 0) is 26.0 Å². The molecule has 0 fully saturated rings. The Hall–Kier alpha value is -3.36. The standard InChI is InChI=1S/C30H36ClN3O4S/c1-5-23(3)32-30(36)24(4)33(20-19-25-12-7-6-8-13-25)29(35)21-34(28-14-10-9-11-22(28)2)39(37,38)27-17-15-26(31)16-18-27/h6-18,23-24H,5,19-21H2,1-4H3,(H,32,36)/t23-,24+/m0/s1. The molecule has 39 heavy (non-hydrogen) atoms. The number of hydrogen-bond donors (Lipinski definition) is 1. The minimum absolute atomic E-state index is 0.0151. The van der Waals surface area contributed by atoms with E-state index < -0.39 is 28.5 Å². The fourth-order valence-corrected chi connectivity index (χ4v) is 5.73. The van der Waals surface area contributed by atoms with E-state index in [1.54, 1.807) is 38.1 Å². The van der Waals surface area contributed by atoms with Crippen LogP contribution in [0, 0.1) is 6.92 Å². The quantitative estimate of drug-likeness (QED) is 0.324. The fourth-order valence-electron chi connectivity index (χ4n) is 4.13. The fraction of sp³-hybridized carbons (Fsp3) is 0.333. The molecule has 0 saturated heterocycles. The lowest BCUT2D eigenvalue weighted by atomic mass is 10.1. The third kappa shape index (κ3) is 7.83. The topological polar surface area (TPSA) is 86.8 Å². The van der Waals surface area contributed by atoms with E-state index in [0.29, 0.717) is 22.7 Å². The van der Waals surface area contributed by atoms with Gasteiger partial charge in [0.1, 0.15) is 12.6 Å². The van der Waals surface area contributed by atoms with Gasteiger partial charge in [0.15, 0.2) is 0 Å². The minimum Gasteiger partial charge on any atom is -0.352 e. The highest BCUT2D eigenvalue weighted by Gasteiger charge is 2.33. The van der Waals surface area contributed by atoms with Crippen LogP contribution >= 0.6 is 11.6 Å². The van der Waals surface area contributed by atoms with Gasteiger partial charge in [-0.15, -0.1) is 0 Å². The van der Waals surface area contributed by atoms with Crippen LogP contribution in [0.3, 0.4) is 0 Å². The van der Waals surface area contributed by atoms with Gasteiger partial charge >= 0.3 is 0 Å². The van der Waals surface area contributed by atoms with Crippen LogP contribution in [0.15, 0.2) is 83.8 Å². The Balaban J connectivity index is 1.98. The van der Waals surface area contributed by atoms with E-state index in [9.17, 15) is 18.0 Å². The summed E-state index contributed by atoms with van der Waals surface area (Å²) < 4.78 is 28.8. The molecule has 3 rings (SSSR count). The van der Waals surface area contributed by atoms with Gasteiger partial charge in [0.05, 0.1) is 10.6 Å². The van der Waals surface area contributed by atoms with Crippen molar-refractivity contribution in [2.75, 3.05) is 17.4 Å². The average Bonchev–Trinajstić information content (AvgIpc) is 2.92. The number of para-hydroxylation sites is 1. The lowest BCUT2D eigenvalue weighted by Gasteiger charge is -2.33. The first-order valence-electron chi connectivity index (χ1n) is 13.0. The molecule has 2 atom stereocenters.